The summed E-state index contributed by atoms with van der Waals surface area (Å²) in [6.45, 7) is 0. The van der Waals surface area contributed by atoms with Gasteiger partial charge >= 0.3 is 7.12 Å². The molecule has 0 fully saturated rings. The zero-order chi connectivity index (χ0) is 8.55. The van der Waals surface area contributed by atoms with Gasteiger partial charge in [0.25, 0.3) is 0 Å². The molecule has 0 aliphatic heterocycles. The van der Waals surface area contributed by atoms with E-state index in [0.717, 1.165) is 0 Å². The second kappa shape index (κ2) is 2.77. The van der Waals surface area contributed by atoms with E-state index in [-0.39, 0.29) is 0 Å². The molecule has 0 amide bonds. The zero-order valence-electron chi connectivity index (χ0n) is 6.51. The second-order valence-corrected chi connectivity index (χ2v) is 2.95. The SMILES string of the molecule is OB(O)c1ccc(C2C=C2)cc1. The molecule has 2 nitrogen and oxygen atoms in total. The number of hydrogen-bond donors (Lipinski definition) is 2. The maximum Gasteiger partial charge on any atom is 0.488 e. The molecule has 0 spiro atoms. The first-order valence-electron chi connectivity index (χ1n) is 3.92. The Hall–Kier alpha value is -1.06. The summed E-state index contributed by atoms with van der Waals surface area (Å²) in [5, 5.41) is 17.6. The molecule has 12 heavy (non-hydrogen) atoms. The van der Waals surface area contributed by atoms with Gasteiger partial charge in [0.1, 0.15) is 0 Å². The highest BCUT2D eigenvalue weighted by Gasteiger charge is 2.15. The fourth-order valence-electron chi connectivity index (χ4n) is 1.17. The first kappa shape index (κ1) is 7.59. The van der Waals surface area contributed by atoms with Crippen molar-refractivity contribution in [2.75, 3.05) is 0 Å². The summed E-state index contributed by atoms with van der Waals surface area (Å²) in [6.07, 6.45) is 4.20. The van der Waals surface area contributed by atoms with Crippen LogP contribution in [0.4, 0.5) is 0 Å². The first-order chi connectivity index (χ1) is 5.77. The number of benzene rings is 1. The Labute approximate surface area is 71.3 Å². The molecular formula is C9H9BO2. The minimum absolute atomic E-state index is 0.481. The molecule has 0 saturated heterocycles. The van der Waals surface area contributed by atoms with Crippen molar-refractivity contribution in [3.63, 3.8) is 0 Å². The van der Waals surface area contributed by atoms with Crippen molar-refractivity contribution in [2.45, 2.75) is 5.92 Å². The van der Waals surface area contributed by atoms with Crippen molar-refractivity contribution >= 4 is 12.6 Å². The fraction of sp³-hybridized carbons (Fsp3) is 0.111. The van der Waals surface area contributed by atoms with E-state index in [1.807, 2.05) is 12.1 Å². The Morgan fingerprint density at radius 3 is 2.00 bits per heavy atom. The van der Waals surface area contributed by atoms with Gasteiger partial charge in [-0.15, -0.1) is 0 Å². The Bertz CT molecular complexity index is 276. The average molecular weight is 160 g/mol. The lowest BCUT2D eigenvalue weighted by Crippen LogP contribution is -2.29. The lowest BCUT2D eigenvalue weighted by molar-refractivity contribution is 0.426. The van der Waals surface area contributed by atoms with Crippen LogP contribution in [0.5, 0.6) is 0 Å². The molecule has 0 radical (unpaired) electrons. The summed E-state index contributed by atoms with van der Waals surface area (Å²) in [4.78, 5) is 0. The minimum Gasteiger partial charge on any atom is -0.423 e. The van der Waals surface area contributed by atoms with E-state index in [1.54, 1.807) is 12.1 Å². The van der Waals surface area contributed by atoms with E-state index in [1.165, 1.54) is 5.56 Å². The molecule has 2 rings (SSSR count). The molecule has 0 saturated carbocycles. The van der Waals surface area contributed by atoms with E-state index in [0.29, 0.717) is 11.4 Å². The molecule has 0 heterocycles. The summed E-state index contributed by atoms with van der Waals surface area (Å²) in [5.41, 5.74) is 1.75. The summed E-state index contributed by atoms with van der Waals surface area (Å²) in [5.74, 6) is 0.481. The van der Waals surface area contributed by atoms with Gasteiger partial charge in [0.2, 0.25) is 0 Å². The Morgan fingerprint density at radius 2 is 1.58 bits per heavy atom. The molecule has 2 N–H and O–H groups in total. The molecular weight excluding hydrogens is 151 g/mol. The third-order valence-corrected chi connectivity index (χ3v) is 2.00. The van der Waals surface area contributed by atoms with E-state index in [2.05, 4.69) is 12.2 Å². The standard InChI is InChI=1S/C9H9BO2/c11-10(12)9-5-3-8(4-6-9)7-1-2-7/h1-7,11-12H. The first-order valence-corrected chi connectivity index (χ1v) is 3.92. The summed E-state index contributed by atoms with van der Waals surface area (Å²) in [6, 6.07) is 7.30. The van der Waals surface area contributed by atoms with Crippen LogP contribution >= 0.6 is 0 Å². The van der Waals surface area contributed by atoms with Gasteiger partial charge in [0.15, 0.2) is 0 Å². The van der Waals surface area contributed by atoms with Crippen LogP contribution in [-0.4, -0.2) is 17.2 Å². The van der Waals surface area contributed by atoms with Gasteiger partial charge in [-0.3, -0.25) is 0 Å². The highest BCUT2D eigenvalue weighted by molar-refractivity contribution is 6.58. The molecule has 60 valence electrons. The van der Waals surface area contributed by atoms with Crippen LogP contribution in [0.1, 0.15) is 11.5 Å². The molecule has 3 heteroatoms. The lowest BCUT2D eigenvalue weighted by atomic mass is 9.80. The topological polar surface area (TPSA) is 40.5 Å². The van der Waals surface area contributed by atoms with Gasteiger partial charge in [-0.25, -0.2) is 0 Å². The van der Waals surface area contributed by atoms with Gasteiger partial charge in [-0.2, -0.15) is 0 Å². The monoisotopic (exact) mass is 160 g/mol. The molecule has 0 bridgehead atoms. The smallest absolute Gasteiger partial charge is 0.423 e. The summed E-state index contributed by atoms with van der Waals surface area (Å²) < 4.78 is 0. The van der Waals surface area contributed by atoms with Crippen LogP contribution in [0.25, 0.3) is 0 Å². The summed E-state index contributed by atoms with van der Waals surface area (Å²) in [7, 11) is -1.36. The van der Waals surface area contributed by atoms with Crippen LogP contribution in [0.15, 0.2) is 36.4 Å². The van der Waals surface area contributed by atoms with Crippen LogP contribution in [-0.2, 0) is 0 Å². The summed E-state index contributed by atoms with van der Waals surface area (Å²) >= 11 is 0. The maximum absolute atomic E-state index is 8.81. The zero-order valence-corrected chi connectivity index (χ0v) is 6.51. The molecule has 0 atom stereocenters. The maximum atomic E-state index is 8.81. The molecule has 1 aliphatic rings. The predicted octanol–water partition coefficient (Wildman–Crippen LogP) is 0.0198. The highest BCUT2D eigenvalue weighted by atomic mass is 16.4. The largest absolute Gasteiger partial charge is 0.488 e. The number of allylic oxidation sites excluding steroid dienone is 2. The van der Waals surface area contributed by atoms with Gasteiger partial charge < -0.3 is 10.0 Å². The molecule has 1 aliphatic carbocycles. The number of rotatable bonds is 2. The predicted molar refractivity (Wildman–Crippen MR) is 48.1 cm³/mol. The molecule has 0 aromatic heterocycles. The van der Waals surface area contributed by atoms with Crippen molar-refractivity contribution in [1.29, 1.82) is 0 Å². The Balaban J connectivity index is 2.19. The Kier molecular flexibility index (Phi) is 1.75. The van der Waals surface area contributed by atoms with E-state index in [9.17, 15) is 0 Å². The van der Waals surface area contributed by atoms with E-state index in [4.69, 9.17) is 10.0 Å². The van der Waals surface area contributed by atoms with Crippen molar-refractivity contribution in [1.82, 2.24) is 0 Å². The van der Waals surface area contributed by atoms with Gasteiger partial charge in [-0.05, 0) is 11.0 Å². The van der Waals surface area contributed by atoms with Crippen LogP contribution in [0, 0.1) is 0 Å². The van der Waals surface area contributed by atoms with E-state index < -0.39 is 7.12 Å². The van der Waals surface area contributed by atoms with Crippen LogP contribution in [0.3, 0.4) is 0 Å². The third kappa shape index (κ3) is 1.42. The van der Waals surface area contributed by atoms with Crippen LogP contribution < -0.4 is 5.46 Å². The average Bonchev–Trinajstić information content (AvgIpc) is 2.87. The van der Waals surface area contributed by atoms with Crippen LogP contribution in [0.2, 0.25) is 0 Å². The van der Waals surface area contributed by atoms with Crippen molar-refractivity contribution in [3.8, 4) is 0 Å². The van der Waals surface area contributed by atoms with Gasteiger partial charge in [0.05, 0.1) is 0 Å². The normalized spacial score (nSPS) is 14.8. The Morgan fingerprint density at radius 1 is 1.00 bits per heavy atom. The van der Waals surface area contributed by atoms with Gasteiger partial charge in [-0.1, -0.05) is 36.4 Å². The number of hydrogen-bond acceptors (Lipinski definition) is 2. The van der Waals surface area contributed by atoms with Crippen molar-refractivity contribution < 1.29 is 10.0 Å². The highest BCUT2D eigenvalue weighted by Crippen LogP contribution is 2.28. The fourth-order valence-corrected chi connectivity index (χ4v) is 1.17. The molecule has 0 unspecified atom stereocenters. The minimum atomic E-state index is -1.36. The van der Waals surface area contributed by atoms with E-state index >= 15 is 0 Å². The van der Waals surface area contributed by atoms with Gasteiger partial charge in [0, 0.05) is 5.92 Å². The molecule has 1 aromatic carbocycles. The third-order valence-electron chi connectivity index (χ3n) is 2.00. The van der Waals surface area contributed by atoms with Crippen molar-refractivity contribution in [3.05, 3.63) is 42.0 Å². The molecule has 1 aromatic rings. The van der Waals surface area contributed by atoms with Crippen molar-refractivity contribution in [2.24, 2.45) is 0 Å². The second-order valence-electron chi connectivity index (χ2n) is 2.95. The quantitative estimate of drug-likeness (QED) is 0.472. The lowest BCUT2D eigenvalue weighted by Gasteiger charge is -2.01.